The number of rotatable bonds is 11. The number of benzene rings is 1. The topological polar surface area (TPSA) is 86.8 Å². The summed E-state index contributed by atoms with van der Waals surface area (Å²) in [7, 11) is 7.52. The van der Waals surface area contributed by atoms with Crippen molar-refractivity contribution in [1.82, 2.24) is 14.8 Å². The van der Waals surface area contributed by atoms with Crippen LogP contribution in [0.25, 0.3) is 0 Å². The molecule has 0 saturated heterocycles. The van der Waals surface area contributed by atoms with Crippen LogP contribution in [0.3, 0.4) is 0 Å². The summed E-state index contributed by atoms with van der Waals surface area (Å²) in [5, 5.41) is 8.41. The summed E-state index contributed by atoms with van der Waals surface area (Å²) in [6.45, 7) is 2.50. The van der Waals surface area contributed by atoms with Crippen molar-refractivity contribution in [3.8, 4) is 5.75 Å². The van der Waals surface area contributed by atoms with E-state index in [1.807, 2.05) is 26.5 Å². The van der Waals surface area contributed by atoms with Crippen LogP contribution in [0.15, 0.2) is 35.8 Å². The maximum atomic E-state index is 13.3. The van der Waals surface area contributed by atoms with Crippen molar-refractivity contribution in [2.24, 2.45) is 0 Å². The summed E-state index contributed by atoms with van der Waals surface area (Å²) in [4.78, 5) is 35.1. The number of ether oxygens (including phenoxy) is 1. The molecule has 12 heteroatoms. The average molecular weight is 585 g/mol. The lowest BCUT2D eigenvalue weighted by atomic mass is 10.1. The summed E-state index contributed by atoms with van der Waals surface area (Å²) in [5.41, 5.74) is 1.12. The molecule has 0 bridgehead atoms. The number of nitrogens with one attached hydrogen (secondary N) is 2. The standard InChI is InChI=1S/C25H28Cl3N5O3S/c1-32(2)8-5-9-33(3)13-15-14-37-23(21(15)28)25(35)31-22-18(10-17(27)11-19(22)36-4)24(34)30-20-7-6-16(26)12-29-20/h6-7,10-12,14H,5,8-9,13H2,1-4H3,(H,31,35)(H,29,30,34). The fraction of sp³-hybridized carbons (Fsp3) is 0.320. The van der Waals surface area contributed by atoms with E-state index in [1.54, 1.807) is 12.1 Å². The van der Waals surface area contributed by atoms with Gasteiger partial charge in [0.1, 0.15) is 16.4 Å². The third-order valence-electron chi connectivity index (χ3n) is 5.33. The predicted octanol–water partition coefficient (Wildman–Crippen LogP) is 6.00. The third kappa shape index (κ3) is 8.04. The lowest BCUT2D eigenvalue weighted by Crippen LogP contribution is -2.23. The van der Waals surface area contributed by atoms with E-state index in [0.717, 1.165) is 25.1 Å². The molecule has 3 aromatic rings. The molecule has 0 unspecified atom stereocenters. The van der Waals surface area contributed by atoms with Gasteiger partial charge in [-0.05, 0) is 69.8 Å². The number of anilines is 2. The van der Waals surface area contributed by atoms with Crippen LogP contribution in [0.5, 0.6) is 5.75 Å². The molecule has 0 aliphatic rings. The molecule has 2 N–H and O–H groups in total. The second kappa shape index (κ2) is 13.4. The molecule has 8 nitrogen and oxygen atoms in total. The van der Waals surface area contributed by atoms with Crippen LogP contribution in [0.1, 0.15) is 32.0 Å². The number of amides is 2. The molecule has 1 aromatic carbocycles. The number of hydrogen-bond donors (Lipinski definition) is 2. The fourth-order valence-corrected chi connectivity index (χ4v) is 5.08. The molecule has 0 fully saturated rings. The summed E-state index contributed by atoms with van der Waals surface area (Å²) in [5.74, 6) is -0.492. The maximum Gasteiger partial charge on any atom is 0.267 e. The van der Waals surface area contributed by atoms with E-state index in [-0.39, 0.29) is 27.8 Å². The number of pyridine rings is 1. The minimum absolute atomic E-state index is 0.1000. The highest BCUT2D eigenvalue weighted by atomic mass is 35.5. The number of halogens is 3. The SMILES string of the molecule is COc1cc(Cl)cc(C(=O)Nc2ccc(Cl)cn2)c1NC(=O)c1scc(CN(C)CCCN(C)C)c1Cl. The second-order valence-electron chi connectivity index (χ2n) is 8.60. The van der Waals surface area contributed by atoms with Crippen molar-refractivity contribution in [1.29, 1.82) is 0 Å². The Morgan fingerprint density at radius 1 is 1.03 bits per heavy atom. The number of hydrogen-bond acceptors (Lipinski definition) is 7. The van der Waals surface area contributed by atoms with Crippen molar-refractivity contribution in [2.75, 3.05) is 52.0 Å². The van der Waals surface area contributed by atoms with Gasteiger partial charge >= 0.3 is 0 Å². The Labute approximate surface area is 235 Å². The zero-order valence-corrected chi connectivity index (χ0v) is 24.0. The van der Waals surface area contributed by atoms with Gasteiger partial charge < -0.3 is 25.2 Å². The highest BCUT2D eigenvalue weighted by molar-refractivity contribution is 7.13. The first-order valence-corrected chi connectivity index (χ1v) is 13.3. The van der Waals surface area contributed by atoms with Crippen molar-refractivity contribution < 1.29 is 14.3 Å². The molecule has 2 aromatic heterocycles. The Morgan fingerprint density at radius 2 is 1.78 bits per heavy atom. The lowest BCUT2D eigenvalue weighted by Gasteiger charge is -2.18. The molecule has 0 radical (unpaired) electrons. The van der Waals surface area contributed by atoms with Gasteiger partial charge in [0.25, 0.3) is 11.8 Å². The van der Waals surface area contributed by atoms with Crippen molar-refractivity contribution in [2.45, 2.75) is 13.0 Å². The first-order chi connectivity index (χ1) is 17.6. The van der Waals surface area contributed by atoms with Crippen LogP contribution in [-0.4, -0.2) is 67.9 Å². The number of thiophene rings is 1. The van der Waals surface area contributed by atoms with Crippen molar-refractivity contribution in [3.05, 3.63) is 66.9 Å². The molecule has 2 heterocycles. The Morgan fingerprint density at radius 3 is 2.43 bits per heavy atom. The van der Waals surface area contributed by atoms with E-state index >= 15 is 0 Å². The van der Waals surface area contributed by atoms with Crippen molar-refractivity contribution in [3.63, 3.8) is 0 Å². The highest BCUT2D eigenvalue weighted by Gasteiger charge is 2.23. The van der Waals surface area contributed by atoms with Gasteiger partial charge in [-0.2, -0.15) is 0 Å². The predicted molar refractivity (Wildman–Crippen MR) is 152 cm³/mol. The molecule has 0 aliphatic carbocycles. The van der Waals surface area contributed by atoms with Gasteiger partial charge in [-0.1, -0.05) is 34.8 Å². The molecular formula is C25H28Cl3N5O3S. The monoisotopic (exact) mass is 583 g/mol. The molecule has 0 aliphatic heterocycles. The first-order valence-electron chi connectivity index (χ1n) is 11.3. The van der Waals surface area contributed by atoms with Gasteiger partial charge in [0.2, 0.25) is 0 Å². The van der Waals surface area contributed by atoms with Gasteiger partial charge in [-0.25, -0.2) is 4.98 Å². The highest BCUT2D eigenvalue weighted by Crippen LogP contribution is 2.35. The maximum absolute atomic E-state index is 13.3. The molecule has 2 amide bonds. The number of aromatic nitrogens is 1. The van der Waals surface area contributed by atoms with E-state index in [0.29, 0.717) is 21.5 Å². The summed E-state index contributed by atoms with van der Waals surface area (Å²) < 4.78 is 5.41. The van der Waals surface area contributed by atoms with E-state index in [4.69, 9.17) is 39.5 Å². The van der Waals surface area contributed by atoms with Gasteiger partial charge in [0.15, 0.2) is 0 Å². The van der Waals surface area contributed by atoms with Crippen LogP contribution in [0.2, 0.25) is 15.1 Å². The van der Waals surface area contributed by atoms with Crippen LogP contribution >= 0.6 is 46.1 Å². The smallest absolute Gasteiger partial charge is 0.267 e. The first kappa shape index (κ1) is 29.2. The molecule has 0 spiro atoms. The zero-order valence-electron chi connectivity index (χ0n) is 20.9. The lowest BCUT2D eigenvalue weighted by molar-refractivity contribution is 0.102. The van der Waals surface area contributed by atoms with Gasteiger partial charge in [-0.3, -0.25) is 9.59 Å². The molecule has 37 heavy (non-hydrogen) atoms. The molecule has 0 saturated carbocycles. The number of carbonyl (C=O) groups excluding carboxylic acids is 2. The van der Waals surface area contributed by atoms with Crippen molar-refractivity contribution >= 4 is 69.5 Å². The average Bonchev–Trinajstić information content (AvgIpc) is 3.20. The van der Waals surface area contributed by atoms with E-state index in [2.05, 4.69) is 25.4 Å². The quantitative estimate of drug-likeness (QED) is 0.288. The largest absolute Gasteiger partial charge is 0.494 e. The van der Waals surface area contributed by atoms with Gasteiger partial charge in [0.05, 0.1) is 28.4 Å². The minimum Gasteiger partial charge on any atom is -0.494 e. The van der Waals surface area contributed by atoms with Gasteiger partial charge in [-0.15, -0.1) is 11.3 Å². The third-order valence-corrected chi connectivity index (χ3v) is 7.34. The Kier molecular flexibility index (Phi) is 10.6. The minimum atomic E-state index is -0.539. The summed E-state index contributed by atoms with van der Waals surface area (Å²) >= 11 is 19.9. The fourth-order valence-electron chi connectivity index (χ4n) is 3.52. The van der Waals surface area contributed by atoms with E-state index < -0.39 is 11.8 Å². The summed E-state index contributed by atoms with van der Waals surface area (Å²) in [6, 6.07) is 6.11. The summed E-state index contributed by atoms with van der Waals surface area (Å²) in [6.07, 6.45) is 2.43. The number of carbonyl (C=O) groups is 2. The molecule has 3 rings (SSSR count). The van der Waals surface area contributed by atoms with E-state index in [9.17, 15) is 9.59 Å². The number of methoxy groups -OCH3 is 1. The normalized spacial score (nSPS) is 11.2. The van der Waals surface area contributed by atoms with Crippen LogP contribution in [-0.2, 0) is 6.54 Å². The second-order valence-corrected chi connectivity index (χ2v) is 10.7. The Bertz CT molecular complexity index is 1250. The Hall–Kier alpha value is -2.40. The number of nitrogens with zero attached hydrogens (tertiary/aromatic N) is 3. The molecular weight excluding hydrogens is 557 g/mol. The van der Waals surface area contributed by atoms with Crippen LogP contribution in [0.4, 0.5) is 11.5 Å². The van der Waals surface area contributed by atoms with Gasteiger partial charge in [0, 0.05) is 23.8 Å². The molecule has 0 atom stereocenters. The molecule has 198 valence electrons. The Balaban J connectivity index is 1.80. The zero-order chi connectivity index (χ0) is 27.1. The van der Waals surface area contributed by atoms with Crippen LogP contribution in [0, 0.1) is 0 Å². The van der Waals surface area contributed by atoms with E-state index in [1.165, 1.54) is 36.8 Å². The van der Waals surface area contributed by atoms with Crippen LogP contribution < -0.4 is 15.4 Å².